The van der Waals surface area contributed by atoms with Crippen LogP contribution in [0.1, 0.15) is 29.7 Å². The van der Waals surface area contributed by atoms with Gasteiger partial charge in [-0.3, -0.25) is 10.1 Å². The molecule has 1 heterocycles. The van der Waals surface area contributed by atoms with Gasteiger partial charge in [0.2, 0.25) is 11.6 Å². The molecule has 0 aliphatic carbocycles. The molecule has 1 atom stereocenters. The number of nitro benzene ring substituents is 1. The highest BCUT2D eigenvalue weighted by atomic mass is 16.6. The van der Waals surface area contributed by atoms with Crippen LogP contribution in [0.2, 0.25) is 0 Å². The third-order valence-corrected chi connectivity index (χ3v) is 3.04. The lowest BCUT2D eigenvalue weighted by molar-refractivity contribution is -0.385. The summed E-state index contributed by atoms with van der Waals surface area (Å²) in [5.74, 6) is 0.379. The Morgan fingerprint density at radius 2 is 2.05 bits per heavy atom. The van der Waals surface area contributed by atoms with Crippen LogP contribution in [-0.4, -0.2) is 15.0 Å². The van der Waals surface area contributed by atoms with Crippen LogP contribution in [0.15, 0.2) is 30.5 Å². The SMILES string of the molecule is Cc1cc(C)c(Oc2cc(C(C)O)ccn2)c([N+](=O)[O-])c1. The summed E-state index contributed by atoms with van der Waals surface area (Å²) in [5, 5.41) is 20.7. The molecule has 6 nitrogen and oxygen atoms in total. The third-order valence-electron chi connectivity index (χ3n) is 3.04. The molecule has 0 fully saturated rings. The quantitative estimate of drug-likeness (QED) is 0.688. The zero-order valence-electron chi connectivity index (χ0n) is 12.0. The normalized spacial score (nSPS) is 12.0. The van der Waals surface area contributed by atoms with Crippen LogP contribution >= 0.6 is 0 Å². The predicted octanol–water partition coefficient (Wildman–Crippen LogP) is 3.45. The van der Waals surface area contributed by atoms with Crippen molar-refractivity contribution in [2.45, 2.75) is 26.9 Å². The zero-order valence-corrected chi connectivity index (χ0v) is 12.0. The topological polar surface area (TPSA) is 85.5 Å². The second kappa shape index (κ2) is 5.88. The first kappa shape index (κ1) is 14.9. The number of aryl methyl sites for hydroxylation is 2. The van der Waals surface area contributed by atoms with Gasteiger partial charge in [0.05, 0.1) is 11.0 Å². The number of pyridine rings is 1. The molecule has 110 valence electrons. The molecule has 0 radical (unpaired) electrons. The van der Waals surface area contributed by atoms with Crippen molar-refractivity contribution in [2.75, 3.05) is 0 Å². The van der Waals surface area contributed by atoms with Crippen molar-refractivity contribution >= 4 is 5.69 Å². The predicted molar refractivity (Wildman–Crippen MR) is 77.5 cm³/mol. The molecule has 2 aromatic rings. The molecule has 0 spiro atoms. The average molecular weight is 288 g/mol. The van der Waals surface area contributed by atoms with Crippen molar-refractivity contribution < 1.29 is 14.8 Å². The van der Waals surface area contributed by atoms with Gasteiger partial charge >= 0.3 is 5.69 Å². The highest BCUT2D eigenvalue weighted by molar-refractivity contribution is 5.54. The maximum Gasteiger partial charge on any atom is 0.312 e. The summed E-state index contributed by atoms with van der Waals surface area (Å²) in [5.41, 5.74) is 1.98. The summed E-state index contributed by atoms with van der Waals surface area (Å²) in [7, 11) is 0. The number of hydrogen-bond acceptors (Lipinski definition) is 5. The molecule has 0 aliphatic rings. The van der Waals surface area contributed by atoms with E-state index in [1.54, 1.807) is 39.0 Å². The first-order valence-electron chi connectivity index (χ1n) is 6.46. The number of rotatable bonds is 4. The fourth-order valence-corrected chi connectivity index (χ4v) is 2.05. The molecule has 1 unspecified atom stereocenters. The average Bonchev–Trinajstić information content (AvgIpc) is 2.41. The highest BCUT2D eigenvalue weighted by Crippen LogP contribution is 2.35. The summed E-state index contributed by atoms with van der Waals surface area (Å²) in [4.78, 5) is 14.7. The standard InChI is InChI=1S/C15H16N2O4/c1-9-6-10(2)15(13(7-9)17(19)20)21-14-8-12(11(3)18)4-5-16-14/h4-8,11,18H,1-3H3. The molecule has 1 aromatic heterocycles. The largest absolute Gasteiger partial charge is 0.432 e. The van der Waals surface area contributed by atoms with Gasteiger partial charge in [-0.05, 0) is 43.5 Å². The first-order chi connectivity index (χ1) is 9.88. The molecule has 2 rings (SSSR count). The van der Waals surface area contributed by atoms with Gasteiger partial charge < -0.3 is 9.84 Å². The maximum atomic E-state index is 11.2. The maximum absolute atomic E-state index is 11.2. The minimum atomic E-state index is -0.663. The molecule has 6 heteroatoms. The van der Waals surface area contributed by atoms with Crippen LogP contribution in [-0.2, 0) is 0 Å². The van der Waals surface area contributed by atoms with Gasteiger partial charge in [0.15, 0.2) is 0 Å². The Balaban J connectivity index is 2.44. The number of benzene rings is 1. The lowest BCUT2D eigenvalue weighted by Gasteiger charge is -2.11. The molecule has 0 bridgehead atoms. The molecule has 1 N–H and O–H groups in total. The molecule has 0 saturated carbocycles. The van der Waals surface area contributed by atoms with Crippen LogP contribution in [0, 0.1) is 24.0 Å². The van der Waals surface area contributed by atoms with E-state index in [1.807, 2.05) is 0 Å². The van der Waals surface area contributed by atoms with E-state index in [2.05, 4.69) is 4.98 Å². The number of aliphatic hydroxyl groups is 1. The zero-order chi connectivity index (χ0) is 15.6. The lowest BCUT2D eigenvalue weighted by atomic mass is 10.1. The molecule has 0 saturated heterocycles. The number of aliphatic hydroxyl groups excluding tert-OH is 1. The first-order valence-corrected chi connectivity index (χ1v) is 6.46. The van der Waals surface area contributed by atoms with Gasteiger partial charge in [0.1, 0.15) is 0 Å². The molecular formula is C15H16N2O4. The van der Waals surface area contributed by atoms with Crippen molar-refractivity contribution in [2.24, 2.45) is 0 Å². The Morgan fingerprint density at radius 3 is 2.67 bits per heavy atom. The molecule has 0 amide bonds. The van der Waals surface area contributed by atoms with E-state index in [1.165, 1.54) is 12.3 Å². The Kier molecular flexibility index (Phi) is 4.18. The van der Waals surface area contributed by atoms with Crippen molar-refractivity contribution in [3.8, 4) is 11.6 Å². The number of nitro groups is 1. The van der Waals surface area contributed by atoms with E-state index in [0.717, 1.165) is 5.56 Å². The van der Waals surface area contributed by atoms with Crippen molar-refractivity contribution in [3.63, 3.8) is 0 Å². The summed E-state index contributed by atoms with van der Waals surface area (Å²) >= 11 is 0. The van der Waals surface area contributed by atoms with Crippen LogP contribution in [0.25, 0.3) is 0 Å². The van der Waals surface area contributed by atoms with Crippen LogP contribution in [0.5, 0.6) is 11.6 Å². The van der Waals surface area contributed by atoms with Gasteiger partial charge in [-0.2, -0.15) is 0 Å². The van der Waals surface area contributed by atoms with Crippen LogP contribution < -0.4 is 4.74 Å². The summed E-state index contributed by atoms with van der Waals surface area (Å²) in [6.07, 6.45) is 0.830. The second-order valence-corrected chi connectivity index (χ2v) is 4.89. The van der Waals surface area contributed by atoms with E-state index in [0.29, 0.717) is 11.1 Å². The van der Waals surface area contributed by atoms with Gasteiger partial charge in [0.25, 0.3) is 0 Å². The Bertz CT molecular complexity index is 683. The smallest absolute Gasteiger partial charge is 0.312 e. The van der Waals surface area contributed by atoms with Gasteiger partial charge in [0, 0.05) is 18.3 Å². The van der Waals surface area contributed by atoms with Crippen LogP contribution in [0.3, 0.4) is 0 Å². The monoisotopic (exact) mass is 288 g/mol. The van der Waals surface area contributed by atoms with Crippen molar-refractivity contribution in [1.29, 1.82) is 0 Å². The molecular weight excluding hydrogens is 272 g/mol. The number of hydrogen-bond donors (Lipinski definition) is 1. The van der Waals surface area contributed by atoms with E-state index in [-0.39, 0.29) is 17.3 Å². The Hall–Kier alpha value is -2.47. The van der Waals surface area contributed by atoms with E-state index >= 15 is 0 Å². The Labute approximate surface area is 122 Å². The fourth-order valence-electron chi connectivity index (χ4n) is 2.05. The second-order valence-electron chi connectivity index (χ2n) is 4.89. The van der Waals surface area contributed by atoms with E-state index in [4.69, 9.17) is 4.74 Å². The Morgan fingerprint density at radius 1 is 1.33 bits per heavy atom. The molecule has 1 aromatic carbocycles. The summed E-state index contributed by atoms with van der Waals surface area (Å²) in [6, 6.07) is 6.49. The molecule has 0 aliphatic heterocycles. The van der Waals surface area contributed by atoms with E-state index < -0.39 is 11.0 Å². The van der Waals surface area contributed by atoms with Gasteiger partial charge in [-0.15, -0.1) is 0 Å². The van der Waals surface area contributed by atoms with Crippen molar-refractivity contribution in [3.05, 3.63) is 57.3 Å². The fraction of sp³-hybridized carbons (Fsp3) is 0.267. The van der Waals surface area contributed by atoms with Crippen molar-refractivity contribution in [1.82, 2.24) is 4.98 Å². The van der Waals surface area contributed by atoms with E-state index in [9.17, 15) is 15.2 Å². The van der Waals surface area contributed by atoms with Gasteiger partial charge in [-0.1, -0.05) is 6.07 Å². The summed E-state index contributed by atoms with van der Waals surface area (Å²) < 4.78 is 5.58. The van der Waals surface area contributed by atoms with Crippen LogP contribution in [0.4, 0.5) is 5.69 Å². The number of aromatic nitrogens is 1. The minimum Gasteiger partial charge on any atom is -0.432 e. The highest BCUT2D eigenvalue weighted by Gasteiger charge is 2.20. The number of nitrogens with zero attached hydrogens (tertiary/aromatic N) is 2. The lowest BCUT2D eigenvalue weighted by Crippen LogP contribution is -1.99. The van der Waals surface area contributed by atoms with Gasteiger partial charge in [-0.25, -0.2) is 4.98 Å². The third kappa shape index (κ3) is 3.35. The summed E-state index contributed by atoms with van der Waals surface area (Å²) in [6.45, 7) is 5.16. The molecule has 21 heavy (non-hydrogen) atoms. The number of ether oxygens (including phenoxy) is 1. The minimum absolute atomic E-state index is 0.100.